The van der Waals surface area contributed by atoms with E-state index in [2.05, 4.69) is 9.97 Å². The first-order valence-electron chi connectivity index (χ1n) is 14.6. The Morgan fingerprint density at radius 2 is 1.82 bits per heavy atom. The van der Waals surface area contributed by atoms with Gasteiger partial charge in [0.05, 0.1) is 28.7 Å². The molecule has 2 saturated carbocycles. The Bertz CT molecular complexity index is 1710. The molecule has 14 heteroatoms. The number of halogens is 4. The molecule has 10 nitrogen and oxygen atoms in total. The number of carboxylic acid groups (broad SMARTS) is 1. The molecule has 44 heavy (non-hydrogen) atoms. The van der Waals surface area contributed by atoms with Crippen LogP contribution in [0.3, 0.4) is 0 Å². The number of fused-ring (bicyclic) bond motifs is 2. The Morgan fingerprint density at radius 1 is 1.16 bits per heavy atom. The average Bonchev–Trinajstić information content (AvgIpc) is 3.76. The molecule has 6 rings (SSSR count). The molecule has 1 amide bonds. The zero-order valence-electron chi connectivity index (χ0n) is 25.2. The summed E-state index contributed by atoms with van der Waals surface area (Å²) in [5, 5.41) is 15.3. The summed E-state index contributed by atoms with van der Waals surface area (Å²) in [7, 11) is 0. The summed E-state index contributed by atoms with van der Waals surface area (Å²) in [5.41, 5.74) is 3.36. The minimum Gasteiger partial charge on any atom is -0.480 e. The van der Waals surface area contributed by atoms with Crippen LogP contribution in [-0.2, 0) is 15.7 Å². The van der Waals surface area contributed by atoms with Gasteiger partial charge in [-0.25, -0.2) is 23.9 Å². The first kappa shape index (κ1) is 30.1. The molecule has 3 aromatic rings. The number of aliphatic carboxylic acids is 1. The number of likely N-dealkylation sites (tertiary alicyclic amines) is 1. The van der Waals surface area contributed by atoms with Crippen molar-refractivity contribution in [3.05, 3.63) is 34.5 Å². The fourth-order valence-electron chi connectivity index (χ4n) is 6.71. The zero-order valence-corrected chi connectivity index (χ0v) is 25.2. The molecule has 4 heterocycles. The van der Waals surface area contributed by atoms with Gasteiger partial charge in [-0.3, -0.25) is 9.58 Å². The predicted molar refractivity (Wildman–Crippen MR) is 151 cm³/mol. The van der Waals surface area contributed by atoms with Crippen molar-refractivity contribution in [1.82, 2.24) is 24.6 Å². The average molecular weight is 619 g/mol. The van der Waals surface area contributed by atoms with E-state index in [9.17, 15) is 27.9 Å². The molecule has 1 saturated heterocycles. The summed E-state index contributed by atoms with van der Waals surface area (Å²) in [6.07, 6.45) is -4.15. The van der Waals surface area contributed by atoms with Crippen molar-refractivity contribution in [2.24, 2.45) is 11.8 Å². The number of anilines is 1. The van der Waals surface area contributed by atoms with Crippen LogP contribution >= 0.6 is 0 Å². The highest BCUT2D eigenvalue weighted by Gasteiger charge is 2.67. The van der Waals surface area contributed by atoms with E-state index in [1.165, 1.54) is 16.5 Å². The third kappa shape index (κ3) is 4.82. The van der Waals surface area contributed by atoms with Gasteiger partial charge in [-0.15, -0.1) is 0 Å². The molecule has 236 valence electrons. The quantitative estimate of drug-likeness (QED) is 0.331. The van der Waals surface area contributed by atoms with Gasteiger partial charge in [0, 0.05) is 29.3 Å². The molecule has 0 radical (unpaired) electrons. The lowest BCUT2D eigenvalue weighted by Gasteiger charge is -2.29. The number of nitrogens with zero attached hydrogens (tertiary/aromatic N) is 5. The molecule has 0 bridgehead atoms. The molecular weight excluding hydrogens is 584 g/mol. The number of nitrogen functional groups attached to an aromatic ring is 1. The summed E-state index contributed by atoms with van der Waals surface area (Å²) in [4.78, 5) is 34.8. The topological polar surface area (TPSA) is 136 Å². The van der Waals surface area contributed by atoms with Crippen molar-refractivity contribution in [3.63, 3.8) is 0 Å². The van der Waals surface area contributed by atoms with Gasteiger partial charge in [-0.1, -0.05) is 13.8 Å². The van der Waals surface area contributed by atoms with E-state index in [1.54, 1.807) is 34.6 Å². The smallest absolute Gasteiger partial charge is 0.418 e. The Labute approximate surface area is 250 Å². The Morgan fingerprint density at radius 3 is 2.36 bits per heavy atom. The van der Waals surface area contributed by atoms with Crippen LogP contribution < -0.4 is 5.73 Å². The summed E-state index contributed by atoms with van der Waals surface area (Å²) in [6, 6.07) is -0.337. The number of hydrogen-bond donors (Lipinski definition) is 2. The summed E-state index contributed by atoms with van der Waals surface area (Å²) in [6.45, 7) is 9.97. The number of carboxylic acids is 1. The van der Waals surface area contributed by atoms with E-state index < -0.39 is 70.0 Å². The normalized spacial score (nSPS) is 23.4. The van der Waals surface area contributed by atoms with Crippen molar-refractivity contribution in [2.75, 3.05) is 12.3 Å². The van der Waals surface area contributed by atoms with Gasteiger partial charge in [0.25, 0.3) is 0 Å². The van der Waals surface area contributed by atoms with Gasteiger partial charge in [0.15, 0.2) is 5.82 Å². The Kier molecular flexibility index (Phi) is 6.67. The lowest BCUT2D eigenvalue weighted by Crippen LogP contribution is -2.46. The molecule has 4 atom stereocenters. The number of rotatable bonds is 5. The van der Waals surface area contributed by atoms with E-state index in [0.717, 1.165) is 6.07 Å². The summed E-state index contributed by atoms with van der Waals surface area (Å²) in [5.74, 6) is -3.86. The number of aromatic nitrogens is 4. The Hall–Kier alpha value is -3.97. The van der Waals surface area contributed by atoms with E-state index in [1.807, 2.05) is 0 Å². The fraction of sp³-hybridized carbons (Fsp3) is 0.567. The largest absolute Gasteiger partial charge is 0.480 e. The van der Waals surface area contributed by atoms with Crippen LogP contribution in [-0.4, -0.2) is 60.0 Å². The van der Waals surface area contributed by atoms with Crippen LogP contribution in [0.1, 0.15) is 88.0 Å². The second-order valence-electron chi connectivity index (χ2n) is 13.3. The molecule has 3 N–H and O–H groups in total. The zero-order chi connectivity index (χ0) is 32.2. The molecule has 3 fully saturated rings. The first-order chi connectivity index (χ1) is 20.4. The minimum absolute atomic E-state index is 0.0400. The van der Waals surface area contributed by atoms with Crippen LogP contribution in [0.5, 0.6) is 0 Å². The van der Waals surface area contributed by atoms with Gasteiger partial charge in [0.2, 0.25) is 0 Å². The molecule has 0 spiro atoms. The third-order valence-electron chi connectivity index (χ3n) is 8.57. The van der Waals surface area contributed by atoms with Gasteiger partial charge in [-0.2, -0.15) is 18.3 Å². The van der Waals surface area contributed by atoms with Crippen LogP contribution in [0, 0.1) is 24.6 Å². The van der Waals surface area contributed by atoms with E-state index in [0.29, 0.717) is 29.6 Å². The number of pyridine rings is 2. The number of piperidine rings is 1. The number of amides is 1. The van der Waals surface area contributed by atoms with Crippen LogP contribution in [0.15, 0.2) is 6.07 Å². The van der Waals surface area contributed by atoms with E-state index >= 15 is 4.39 Å². The molecule has 0 aromatic carbocycles. The van der Waals surface area contributed by atoms with Crippen LogP contribution in [0.4, 0.5) is 28.2 Å². The molecule has 1 aliphatic heterocycles. The van der Waals surface area contributed by atoms with E-state index in [-0.39, 0.29) is 35.8 Å². The number of carbonyl (C=O) groups is 2. The predicted octanol–water partition coefficient (Wildman–Crippen LogP) is 6.03. The van der Waals surface area contributed by atoms with Gasteiger partial charge in [-0.05, 0) is 58.4 Å². The monoisotopic (exact) mass is 618 g/mol. The fourth-order valence-corrected chi connectivity index (χ4v) is 6.71. The SMILES string of the molecule is Cc1nc(N)cc(-c2nc(C(C)C)c3c([C@@H]4[C@H]5CN(C(=O)OC(C)(C)C)[C@H](C(=O)O)[C@H]54)nn(C4CC4)c3c2F)c1C(F)(F)F. The molecule has 3 aromatic heterocycles. The minimum atomic E-state index is -4.85. The highest BCUT2D eigenvalue weighted by Crippen LogP contribution is 2.63. The maximum absolute atomic E-state index is 16.7. The van der Waals surface area contributed by atoms with Gasteiger partial charge in [0.1, 0.15) is 28.7 Å². The number of ether oxygens (including phenoxy) is 1. The van der Waals surface area contributed by atoms with Crippen molar-refractivity contribution in [3.8, 4) is 11.3 Å². The van der Waals surface area contributed by atoms with Crippen molar-refractivity contribution in [1.29, 1.82) is 0 Å². The highest BCUT2D eigenvalue weighted by molar-refractivity contribution is 5.91. The van der Waals surface area contributed by atoms with Gasteiger partial charge >= 0.3 is 18.2 Å². The van der Waals surface area contributed by atoms with Crippen molar-refractivity contribution >= 4 is 28.8 Å². The molecule has 0 unspecified atom stereocenters. The van der Waals surface area contributed by atoms with Crippen molar-refractivity contribution in [2.45, 2.75) is 90.1 Å². The van der Waals surface area contributed by atoms with Crippen LogP contribution in [0.25, 0.3) is 22.2 Å². The number of alkyl halides is 3. The highest BCUT2D eigenvalue weighted by atomic mass is 19.4. The first-order valence-corrected chi connectivity index (χ1v) is 14.6. The molecule has 2 aliphatic carbocycles. The second-order valence-corrected chi connectivity index (χ2v) is 13.3. The van der Waals surface area contributed by atoms with Crippen molar-refractivity contribution < 1.29 is 37.0 Å². The summed E-state index contributed by atoms with van der Waals surface area (Å²) >= 11 is 0. The summed E-state index contributed by atoms with van der Waals surface area (Å²) < 4.78 is 66.4. The number of nitrogens with two attached hydrogens (primary N) is 1. The number of aryl methyl sites for hydroxylation is 1. The Balaban J connectivity index is 1.52. The molecular formula is C30H34F4N6O4. The maximum atomic E-state index is 16.7. The maximum Gasteiger partial charge on any atom is 0.418 e. The number of hydrogen-bond acceptors (Lipinski definition) is 7. The van der Waals surface area contributed by atoms with Crippen LogP contribution in [0.2, 0.25) is 0 Å². The van der Waals surface area contributed by atoms with E-state index in [4.69, 9.17) is 15.6 Å². The second kappa shape index (κ2) is 9.77. The lowest BCUT2D eigenvalue weighted by atomic mass is 9.96. The third-order valence-corrected chi connectivity index (χ3v) is 8.57. The standard InChI is InChI=1S/C30H34F4N6O4/c1-11(2)22-19-24(17-15-10-39(26(18(15)17)27(41)42)28(43)44-29(4,5)6)38-40(13-7-8-13)25(19)21(31)23(37-22)14-9-16(35)36-12(3)20(14)30(32,33)34/h9,11,13,15,17-18,26H,7-8,10H2,1-6H3,(H2,35,36)(H,41,42)/t15-,17-,18-,26+/m1/s1. The van der Waals surface area contributed by atoms with Gasteiger partial charge < -0.3 is 15.6 Å². The number of carbonyl (C=O) groups excluding carboxylic acids is 1. The lowest BCUT2D eigenvalue weighted by molar-refractivity contribution is -0.143. The molecule has 3 aliphatic rings.